The zero-order valence-corrected chi connectivity index (χ0v) is 14.5. The number of piperidine rings is 2. The van der Waals surface area contributed by atoms with Gasteiger partial charge in [0.1, 0.15) is 12.1 Å². The second-order valence-electron chi connectivity index (χ2n) is 6.80. The molecule has 0 aromatic carbocycles. The molecule has 0 spiro atoms. The molecule has 2 fully saturated rings. The highest BCUT2D eigenvalue weighted by atomic mass is 32.1. The topological polar surface area (TPSA) is 84.1 Å². The van der Waals surface area contributed by atoms with Gasteiger partial charge in [-0.25, -0.2) is 9.97 Å². The predicted octanol–water partition coefficient (Wildman–Crippen LogP) is 2.01. The lowest BCUT2D eigenvalue weighted by molar-refractivity contribution is 0.100. The molecule has 0 saturated carbocycles. The van der Waals surface area contributed by atoms with Crippen molar-refractivity contribution in [3.63, 3.8) is 0 Å². The van der Waals surface area contributed by atoms with Crippen molar-refractivity contribution in [3.8, 4) is 0 Å². The molecule has 1 amide bonds. The molecule has 6 nitrogen and oxygen atoms in total. The Hall–Kier alpha value is -1.73. The Bertz CT molecular complexity index is 732. The van der Waals surface area contributed by atoms with Crippen LogP contribution < -0.4 is 16.0 Å². The van der Waals surface area contributed by atoms with Gasteiger partial charge in [0.05, 0.1) is 15.1 Å². The number of hydrogen-bond donors (Lipinski definition) is 2. The van der Waals surface area contributed by atoms with Crippen molar-refractivity contribution in [2.75, 3.05) is 31.1 Å². The van der Waals surface area contributed by atoms with Gasteiger partial charge in [-0.3, -0.25) is 4.79 Å². The van der Waals surface area contributed by atoms with E-state index < -0.39 is 5.91 Å². The fourth-order valence-electron chi connectivity index (χ4n) is 4.09. The smallest absolute Gasteiger partial charge is 0.258 e. The summed E-state index contributed by atoms with van der Waals surface area (Å²) in [7, 11) is 0. The van der Waals surface area contributed by atoms with Gasteiger partial charge < -0.3 is 16.0 Å². The molecule has 0 radical (unpaired) electrons. The Morgan fingerprint density at radius 3 is 2.58 bits per heavy atom. The Kier molecular flexibility index (Phi) is 4.37. The van der Waals surface area contributed by atoms with Gasteiger partial charge in [0.15, 0.2) is 0 Å². The van der Waals surface area contributed by atoms with Crippen LogP contribution in [0.1, 0.15) is 35.4 Å². The molecule has 3 N–H and O–H groups in total. The zero-order chi connectivity index (χ0) is 16.5. The first kappa shape index (κ1) is 15.8. The van der Waals surface area contributed by atoms with Crippen molar-refractivity contribution < 1.29 is 4.79 Å². The number of anilines is 1. The van der Waals surface area contributed by atoms with E-state index in [1.54, 1.807) is 12.4 Å². The van der Waals surface area contributed by atoms with Crippen molar-refractivity contribution >= 4 is 33.3 Å². The lowest BCUT2D eigenvalue weighted by Gasteiger charge is -2.38. The van der Waals surface area contributed by atoms with Crippen LogP contribution >= 0.6 is 11.3 Å². The Morgan fingerprint density at radius 2 is 1.88 bits per heavy atom. The summed E-state index contributed by atoms with van der Waals surface area (Å²) < 4.78 is 0.978. The number of fused-ring (bicyclic) bond motifs is 1. The first-order chi connectivity index (χ1) is 11.7. The van der Waals surface area contributed by atoms with Gasteiger partial charge in [-0.05, 0) is 56.7 Å². The van der Waals surface area contributed by atoms with Crippen molar-refractivity contribution in [2.24, 2.45) is 17.6 Å². The molecule has 2 saturated heterocycles. The van der Waals surface area contributed by atoms with Gasteiger partial charge in [-0.2, -0.15) is 0 Å². The molecule has 2 aliphatic heterocycles. The summed E-state index contributed by atoms with van der Waals surface area (Å²) in [6.45, 7) is 4.40. The minimum Gasteiger partial charge on any atom is -0.365 e. The van der Waals surface area contributed by atoms with Crippen LogP contribution in [0, 0.1) is 11.8 Å². The third-order valence-electron chi connectivity index (χ3n) is 5.42. The number of hydrogen-bond acceptors (Lipinski definition) is 6. The monoisotopic (exact) mass is 345 g/mol. The number of amides is 1. The van der Waals surface area contributed by atoms with Crippen LogP contribution in [0.15, 0.2) is 12.4 Å². The quantitative estimate of drug-likeness (QED) is 0.889. The second-order valence-corrected chi connectivity index (χ2v) is 7.85. The van der Waals surface area contributed by atoms with Gasteiger partial charge in [0.2, 0.25) is 0 Å². The Labute approximate surface area is 145 Å². The molecule has 4 heterocycles. The molecule has 24 heavy (non-hydrogen) atoms. The first-order valence-electron chi connectivity index (χ1n) is 8.72. The van der Waals surface area contributed by atoms with Crippen molar-refractivity contribution in [2.45, 2.75) is 25.7 Å². The van der Waals surface area contributed by atoms with E-state index in [-0.39, 0.29) is 0 Å². The molecule has 0 aliphatic carbocycles. The highest BCUT2D eigenvalue weighted by Crippen LogP contribution is 2.36. The van der Waals surface area contributed by atoms with E-state index >= 15 is 0 Å². The number of thiophene rings is 1. The number of nitrogens with one attached hydrogen (secondary N) is 1. The summed E-state index contributed by atoms with van der Waals surface area (Å²) in [5.41, 5.74) is 6.23. The molecule has 2 aromatic rings. The summed E-state index contributed by atoms with van der Waals surface area (Å²) >= 11 is 1.41. The largest absolute Gasteiger partial charge is 0.365 e. The standard InChI is InChI=1S/C17H23N5OS/c18-16(23)14-9-13-15(24-14)17(21-10-20-13)22-7-3-12(4-8-22)11-1-5-19-6-2-11/h9-12,19H,1-8H2,(H2,18,23). The van der Waals surface area contributed by atoms with E-state index in [1.807, 2.05) is 0 Å². The van der Waals surface area contributed by atoms with E-state index in [4.69, 9.17) is 5.73 Å². The molecule has 7 heteroatoms. The number of nitrogens with zero attached hydrogens (tertiary/aromatic N) is 3. The van der Waals surface area contributed by atoms with Crippen LogP contribution in [-0.2, 0) is 0 Å². The average molecular weight is 345 g/mol. The number of aromatic nitrogens is 2. The third kappa shape index (κ3) is 2.98. The lowest BCUT2D eigenvalue weighted by atomic mass is 9.79. The molecule has 128 valence electrons. The van der Waals surface area contributed by atoms with Gasteiger partial charge in [0, 0.05) is 13.1 Å². The normalized spacial score (nSPS) is 20.6. The van der Waals surface area contributed by atoms with E-state index in [1.165, 1.54) is 50.1 Å². The van der Waals surface area contributed by atoms with Crippen molar-refractivity contribution in [1.82, 2.24) is 15.3 Å². The van der Waals surface area contributed by atoms with E-state index in [0.29, 0.717) is 4.88 Å². The fraction of sp³-hybridized carbons (Fsp3) is 0.588. The number of rotatable bonds is 3. The molecule has 0 bridgehead atoms. The molecule has 0 unspecified atom stereocenters. The van der Waals surface area contributed by atoms with Crippen molar-refractivity contribution in [3.05, 3.63) is 17.3 Å². The maximum Gasteiger partial charge on any atom is 0.258 e. The van der Waals surface area contributed by atoms with Crippen LogP contribution in [-0.4, -0.2) is 42.1 Å². The highest BCUT2D eigenvalue weighted by Gasteiger charge is 2.29. The highest BCUT2D eigenvalue weighted by molar-refractivity contribution is 7.21. The van der Waals surface area contributed by atoms with Crippen LogP contribution in [0.5, 0.6) is 0 Å². The Morgan fingerprint density at radius 1 is 1.17 bits per heavy atom. The Balaban J connectivity index is 1.51. The van der Waals surface area contributed by atoms with Crippen LogP contribution in [0.3, 0.4) is 0 Å². The first-order valence-corrected chi connectivity index (χ1v) is 9.54. The number of carbonyl (C=O) groups excluding carboxylic acids is 1. The lowest BCUT2D eigenvalue weighted by Crippen LogP contribution is -2.39. The molecular formula is C17H23N5OS. The molecule has 2 aromatic heterocycles. The van der Waals surface area contributed by atoms with Crippen molar-refractivity contribution in [1.29, 1.82) is 0 Å². The summed E-state index contributed by atoms with van der Waals surface area (Å²) in [6.07, 6.45) is 6.67. The van der Waals surface area contributed by atoms with Gasteiger partial charge in [0.25, 0.3) is 5.91 Å². The summed E-state index contributed by atoms with van der Waals surface area (Å²) in [4.78, 5) is 23.1. The van der Waals surface area contributed by atoms with Crippen LogP contribution in [0.4, 0.5) is 5.82 Å². The average Bonchev–Trinajstić information content (AvgIpc) is 3.07. The number of nitrogens with two attached hydrogens (primary N) is 1. The second kappa shape index (κ2) is 6.64. The SMILES string of the molecule is NC(=O)c1cc2ncnc(N3CCC(C4CCNCC4)CC3)c2s1. The zero-order valence-electron chi connectivity index (χ0n) is 13.7. The van der Waals surface area contributed by atoms with Gasteiger partial charge in [-0.1, -0.05) is 0 Å². The third-order valence-corrected chi connectivity index (χ3v) is 6.56. The number of carbonyl (C=O) groups is 1. The van der Waals surface area contributed by atoms with Gasteiger partial charge >= 0.3 is 0 Å². The maximum atomic E-state index is 11.4. The summed E-state index contributed by atoms with van der Waals surface area (Å²) in [6, 6.07) is 1.77. The predicted molar refractivity (Wildman–Crippen MR) is 96.5 cm³/mol. The summed E-state index contributed by atoms with van der Waals surface area (Å²) in [5.74, 6) is 2.28. The van der Waals surface area contributed by atoms with E-state index in [0.717, 1.165) is 41.0 Å². The molecule has 4 rings (SSSR count). The summed E-state index contributed by atoms with van der Waals surface area (Å²) in [5, 5.41) is 3.46. The molecule has 2 aliphatic rings. The minimum atomic E-state index is -0.395. The molecular weight excluding hydrogens is 322 g/mol. The van der Waals surface area contributed by atoms with Crippen LogP contribution in [0.25, 0.3) is 10.2 Å². The minimum absolute atomic E-state index is 0.395. The fourth-order valence-corrected chi connectivity index (χ4v) is 5.07. The van der Waals surface area contributed by atoms with Gasteiger partial charge in [-0.15, -0.1) is 11.3 Å². The number of primary amides is 1. The van der Waals surface area contributed by atoms with Crippen LogP contribution in [0.2, 0.25) is 0 Å². The maximum absolute atomic E-state index is 11.4. The van der Waals surface area contributed by atoms with E-state index in [2.05, 4.69) is 20.2 Å². The molecule has 0 atom stereocenters. The van der Waals surface area contributed by atoms with E-state index in [9.17, 15) is 4.79 Å².